The summed E-state index contributed by atoms with van der Waals surface area (Å²) in [6.07, 6.45) is 10.2. The standard InChI is InChI=1S/C12H22N2O/c1-15-12(10-7-8-10)11(14-13)9-5-3-2-4-6-9/h5,10-12,14H,2-4,6-8,13H2,1H3. The zero-order valence-corrected chi connectivity index (χ0v) is 9.54. The first kappa shape index (κ1) is 11.1. The van der Waals surface area contributed by atoms with E-state index in [1.54, 1.807) is 7.11 Å². The Balaban J connectivity index is 2.03. The van der Waals surface area contributed by atoms with Crippen LogP contribution in [0.3, 0.4) is 0 Å². The zero-order chi connectivity index (χ0) is 10.7. The van der Waals surface area contributed by atoms with Gasteiger partial charge in [-0.3, -0.25) is 11.3 Å². The molecule has 0 spiro atoms. The number of hydrazine groups is 1. The van der Waals surface area contributed by atoms with Crippen LogP contribution in [-0.2, 0) is 4.74 Å². The summed E-state index contributed by atoms with van der Waals surface area (Å²) in [5.41, 5.74) is 4.41. The van der Waals surface area contributed by atoms with E-state index < -0.39 is 0 Å². The van der Waals surface area contributed by atoms with Crippen molar-refractivity contribution >= 4 is 0 Å². The van der Waals surface area contributed by atoms with Gasteiger partial charge in [0.1, 0.15) is 0 Å². The lowest BCUT2D eigenvalue weighted by Crippen LogP contribution is -2.47. The van der Waals surface area contributed by atoms with Crippen molar-refractivity contribution < 1.29 is 4.74 Å². The number of methoxy groups -OCH3 is 1. The van der Waals surface area contributed by atoms with E-state index >= 15 is 0 Å². The SMILES string of the molecule is COC(C1CC1)C(NN)C1=CCCCC1. The Hall–Kier alpha value is -0.380. The molecule has 0 aromatic heterocycles. The maximum Gasteiger partial charge on any atom is 0.0803 e. The van der Waals surface area contributed by atoms with E-state index in [9.17, 15) is 0 Å². The van der Waals surface area contributed by atoms with Gasteiger partial charge in [-0.05, 0) is 44.4 Å². The predicted molar refractivity (Wildman–Crippen MR) is 61.2 cm³/mol. The van der Waals surface area contributed by atoms with Crippen LogP contribution in [0.25, 0.3) is 0 Å². The molecule has 1 saturated carbocycles. The third kappa shape index (κ3) is 2.60. The molecule has 0 bridgehead atoms. The minimum Gasteiger partial charge on any atom is -0.379 e. The van der Waals surface area contributed by atoms with Crippen molar-refractivity contribution in [2.24, 2.45) is 11.8 Å². The number of nitrogens with one attached hydrogen (secondary N) is 1. The van der Waals surface area contributed by atoms with Crippen molar-refractivity contribution in [1.29, 1.82) is 0 Å². The van der Waals surface area contributed by atoms with Crippen LogP contribution in [0.2, 0.25) is 0 Å². The molecule has 0 heterocycles. The highest BCUT2D eigenvalue weighted by Gasteiger charge is 2.37. The monoisotopic (exact) mass is 210 g/mol. The Morgan fingerprint density at radius 3 is 2.73 bits per heavy atom. The molecule has 0 radical (unpaired) electrons. The molecule has 1 fully saturated rings. The lowest BCUT2D eigenvalue weighted by atomic mass is 9.90. The molecule has 86 valence electrons. The lowest BCUT2D eigenvalue weighted by Gasteiger charge is -2.29. The van der Waals surface area contributed by atoms with Crippen LogP contribution < -0.4 is 11.3 Å². The van der Waals surface area contributed by atoms with Gasteiger partial charge in [0.05, 0.1) is 12.1 Å². The first-order chi connectivity index (χ1) is 7.36. The van der Waals surface area contributed by atoms with E-state index in [1.165, 1.54) is 44.1 Å². The average molecular weight is 210 g/mol. The zero-order valence-electron chi connectivity index (χ0n) is 9.54. The van der Waals surface area contributed by atoms with Crippen molar-refractivity contribution in [3.05, 3.63) is 11.6 Å². The van der Waals surface area contributed by atoms with E-state index in [4.69, 9.17) is 10.6 Å². The van der Waals surface area contributed by atoms with Gasteiger partial charge < -0.3 is 4.74 Å². The fourth-order valence-corrected chi connectivity index (χ4v) is 2.58. The van der Waals surface area contributed by atoms with Crippen LogP contribution in [0.15, 0.2) is 11.6 Å². The van der Waals surface area contributed by atoms with Crippen molar-refractivity contribution in [3.8, 4) is 0 Å². The van der Waals surface area contributed by atoms with Gasteiger partial charge in [-0.2, -0.15) is 0 Å². The van der Waals surface area contributed by atoms with E-state index in [1.807, 2.05) is 0 Å². The minimum absolute atomic E-state index is 0.239. The summed E-state index contributed by atoms with van der Waals surface area (Å²) in [7, 11) is 1.80. The molecule has 0 aromatic rings. The first-order valence-corrected chi connectivity index (χ1v) is 6.04. The van der Waals surface area contributed by atoms with Crippen molar-refractivity contribution in [2.75, 3.05) is 7.11 Å². The summed E-state index contributed by atoms with van der Waals surface area (Å²) in [5, 5.41) is 0. The normalized spacial score (nSPS) is 25.9. The maximum absolute atomic E-state index is 5.67. The molecule has 2 rings (SSSR count). The third-order valence-corrected chi connectivity index (χ3v) is 3.59. The van der Waals surface area contributed by atoms with Gasteiger partial charge in [-0.1, -0.05) is 11.6 Å². The second kappa shape index (κ2) is 5.10. The summed E-state index contributed by atoms with van der Waals surface area (Å²) in [4.78, 5) is 0. The van der Waals surface area contributed by atoms with Crippen molar-refractivity contribution in [1.82, 2.24) is 5.43 Å². The minimum atomic E-state index is 0.239. The number of nitrogens with two attached hydrogens (primary N) is 1. The first-order valence-electron chi connectivity index (χ1n) is 6.04. The number of hydrogen-bond acceptors (Lipinski definition) is 3. The van der Waals surface area contributed by atoms with Crippen LogP contribution in [0.4, 0.5) is 0 Å². The Labute approximate surface area is 92.0 Å². The van der Waals surface area contributed by atoms with Gasteiger partial charge >= 0.3 is 0 Å². The average Bonchev–Trinajstić information content (AvgIpc) is 3.11. The smallest absolute Gasteiger partial charge is 0.0803 e. The molecule has 2 aliphatic rings. The second-order valence-corrected chi connectivity index (χ2v) is 4.71. The van der Waals surface area contributed by atoms with Crippen molar-refractivity contribution in [3.63, 3.8) is 0 Å². The van der Waals surface area contributed by atoms with Gasteiger partial charge in [0.25, 0.3) is 0 Å². The Morgan fingerprint density at radius 1 is 1.47 bits per heavy atom. The van der Waals surface area contributed by atoms with Crippen LogP contribution >= 0.6 is 0 Å². The van der Waals surface area contributed by atoms with E-state index in [2.05, 4.69) is 11.5 Å². The number of hydrogen-bond donors (Lipinski definition) is 2. The molecule has 0 amide bonds. The molecule has 0 aromatic carbocycles. The molecule has 0 saturated heterocycles. The van der Waals surface area contributed by atoms with Crippen LogP contribution in [0.5, 0.6) is 0 Å². The fraction of sp³-hybridized carbons (Fsp3) is 0.833. The molecule has 15 heavy (non-hydrogen) atoms. The molecule has 2 aliphatic carbocycles. The molecular formula is C12H22N2O. The van der Waals surface area contributed by atoms with Gasteiger partial charge in [0, 0.05) is 7.11 Å². The summed E-state index contributed by atoms with van der Waals surface area (Å²) < 4.78 is 5.60. The van der Waals surface area contributed by atoms with Gasteiger partial charge in [-0.15, -0.1) is 0 Å². The van der Waals surface area contributed by atoms with Crippen LogP contribution in [0.1, 0.15) is 38.5 Å². The molecule has 2 unspecified atom stereocenters. The number of allylic oxidation sites excluding steroid dienone is 1. The third-order valence-electron chi connectivity index (χ3n) is 3.59. The Morgan fingerprint density at radius 2 is 2.27 bits per heavy atom. The highest BCUT2D eigenvalue weighted by atomic mass is 16.5. The topological polar surface area (TPSA) is 47.3 Å². The largest absolute Gasteiger partial charge is 0.379 e. The molecule has 3 heteroatoms. The van der Waals surface area contributed by atoms with E-state index in [-0.39, 0.29) is 12.1 Å². The number of ether oxygens (including phenoxy) is 1. The summed E-state index contributed by atoms with van der Waals surface area (Å²) in [6, 6.07) is 0.239. The molecule has 3 nitrogen and oxygen atoms in total. The van der Waals surface area contributed by atoms with Crippen molar-refractivity contribution in [2.45, 2.75) is 50.7 Å². The van der Waals surface area contributed by atoms with Crippen LogP contribution in [-0.4, -0.2) is 19.3 Å². The van der Waals surface area contributed by atoms with Crippen LogP contribution in [0, 0.1) is 5.92 Å². The highest BCUT2D eigenvalue weighted by molar-refractivity contribution is 5.16. The predicted octanol–water partition coefficient (Wildman–Crippen LogP) is 1.74. The summed E-state index contributed by atoms with van der Waals surface area (Å²) in [5.74, 6) is 6.40. The molecule has 2 atom stereocenters. The molecule has 0 aliphatic heterocycles. The number of rotatable bonds is 5. The summed E-state index contributed by atoms with van der Waals surface area (Å²) >= 11 is 0. The van der Waals surface area contributed by atoms with E-state index in [0.717, 1.165) is 5.92 Å². The van der Waals surface area contributed by atoms with Gasteiger partial charge in [-0.25, -0.2) is 0 Å². The molecular weight excluding hydrogens is 188 g/mol. The second-order valence-electron chi connectivity index (χ2n) is 4.71. The fourth-order valence-electron chi connectivity index (χ4n) is 2.58. The van der Waals surface area contributed by atoms with Gasteiger partial charge in [0.2, 0.25) is 0 Å². The van der Waals surface area contributed by atoms with Gasteiger partial charge in [0.15, 0.2) is 0 Å². The lowest BCUT2D eigenvalue weighted by molar-refractivity contribution is 0.0600. The maximum atomic E-state index is 5.67. The Bertz CT molecular complexity index is 236. The molecule has 3 N–H and O–H groups in total. The quantitative estimate of drug-likeness (QED) is 0.413. The van der Waals surface area contributed by atoms with E-state index in [0.29, 0.717) is 0 Å². The highest BCUT2D eigenvalue weighted by Crippen LogP contribution is 2.38. The Kier molecular flexibility index (Phi) is 3.78. The summed E-state index contributed by atoms with van der Waals surface area (Å²) in [6.45, 7) is 0.